The van der Waals surface area contributed by atoms with Crippen LogP contribution in [-0.2, 0) is 0 Å². The van der Waals surface area contributed by atoms with Crippen LogP contribution in [0.2, 0.25) is 0 Å². The molecule has 0 nitrogen and oxygen atoms in total. The smallest absolute Gasteiger partial charge is 0.137 e. The first kappa shape index (κ1) is 14.3. The number of benzene rings is 1. The summed E-state index contributed by atoms with van der Waals surface area (Å²) in [6.45, 7) is 0. The Morgan fingerprint density at radius 3 is 2.61 bits per heavy atom. The highest BCUT2D eigenvalue weighted by Gasteiger charge is 2.17. The summed E-state index contributed by atoms with van der Waals surface area (Å²) < 4.78 is 13.7. The SMILES string of the molecule is Fc1ccc(C=C(CBr)C2CCCCC2)cc1Br. The summed E-state index contributed by atoms with van der Waals surface area (Å²) >= 11 is 6.83. The Kier molecular flexibility index (Phi) is 5.43. The van der Waals surface area contributed by atoms with Gasteiger partial charge in [-0.3, -0.25) is 0 Å². The van der Waals surface area contributed by atoms with Crippen LogP contribution in [0.3, 0.4) is 0 Å². The van der Waals surface area contributed by atoms with E-state index in [1.165, 1.54) is 43.7 Å². The van der Waals surface area contributed by atoms with Gasteiger partial charge in [0, 0.05) is 5.33 Å². The van der Waals surface area contributed by atoms with Gasteiger partial charge in [-0.1, -0.05) is 52.9 Å². The molecular weight excluding hydrogens is 359 g/mol. The second kappa shape index (κ2) is 6.85. The lowest BCUT2D eigenvalue weighted by atomic mass is 9.84. The van der Waals surface area contributed by atoms with Crippen LogP contribution in [0.1, 0.15) is 37.7 Å². The summed E-state index contributed by atoms with van der Waals surface area (Å²) in [6, 6.07) is 5.20. The van der Waals surface area contributed by atoms with Crippen molar-refractivity contribution in [1.82, 2.24) is 0 Å². The van der Waals surface area contributed by atoms with E-state index in [-0.39, 0.29) is 5.82 Å². The topological polar surface area (TPSA) is 0 Å². The number of halogens is 3. The zero-order valence-corrected chi connectivity index (χ0v) is 13.4. The summed E-state index contributed by atoms with van der Waals surface area (Å²) in [4.78, 5) is 0. The van der Waals surface area contributed by atoms with Gasteiger partial charge in [0.05, 0.1) is 4.47 Å². The summed E-state index contributed by atoms with van der Waals surface area (Å²) in [5.41, 5.74) is 2.51. The van der Waals surface area contributed by atoms with Crippen LogP contribution in [0.5, 0.6) is 0 Å². The standard InChI is InChI=1S/C15H17Br2F/c16-10-13(12-4-2-1-3-5-12)8-11-6-7-15(18)14(17)9-11/h6-9,12H,1-5,10H2. The molecule has 98 valence electrons. The Morgan fingerprint density at radius 1 is 1.28 bits per heavy atom. The van der Waals surface area contributed by atoms with Crippen molar-refractivity contribution in [3.05, 3.63) is 39.6 Å². The number of hydrogen-bond acceptors (Lipinski definition) is 0. The fourth-order valence-corrected chi connectivity index (χ4v) is 3.57. The van der Waals surface area contributed by atoms with Crippen molar-refractivity contribution in [2.75, 3.05) is 5.33 Å². The van der Waals surface area contributed by atoms with Gasteiger partial charge < -0.3 is 0 Å². The van der Waals surface area contributed by atoms with Crippen LogP contribution >= 0.6 is 31.9 Å². The Hall–Kier alpha value is -0.150. The fraction of sp³-hybridized carbons (Fsp3) is 0.467. The number of rotatable bonds is 3. The lowest BCUT2D eigenvalue weighted by Crippen LogP contribution is -2.10. The van der Waals surface area contributed by atoms with Gasteiger partial charge in [-0.2, -0.15) is 0 Å². The highest BCUT2D eigenvalue weighted by molar-refractivity contribution is 9.10. The van der Waals surface area contributed by atoms with Crippen molar-refractivity contribution in [2.24, 2.45) is 5.92 Å². The van der Waals surface area contributed by atoms with Crippen molar-refractivity contribution in [1.29, 1.82) is 0 Å². The third kappa shape index (κ3) is 3.67. The Bertz CT molecular complexity index is 434. The molecule has 0 aliphatic heterocycles. The molecule has 2 rings (SSSR count). The van der Waals surface area contributed by atoms with E-state index < -0.39 is 0 Å². The molecule has 1 aromatic rings. The monoisotopic (exact) mass is 374 g/mol. The van der Waals surface area contributed by atoms with Crippen LogP contribution in [0.4, 0.5) is 4.39 Å². The Morgan fingerprint density at radius 2 is 2.00 bits per heavy atom. The van der Waals surface area contributed by atoms with Gasteiger partial charge in [0.2, 0.25) is 0 Å². The first-order valence-corrected chi connectivity index (χ1v) is 8.33. The van der Waals surface area contributed by atoms with Gasteiger partial charge >= 0.3 is 0 Å². The molecule has 1 aliphatic carbocycles. The zero-order chi connectivity index (χ0) is 13.0. The van der Waals surface area contributed by atoms with Gasteiger partial charge in [0.15, 0.2) is 0 Å². The van der Waals surface area contributed by atoms with E-state index in [0.29, 0.717) is 10.4 Å². The van der Waals surface area contributed by atoms with Crippen molar-refractivity contribution in [3.63, 3.8) is 0 Å². The maximum Gasteiger partial charge on any atom is 0.137 e. The number of hydrogen-bond donors (Lipinski definition) is 0. The molecule has 1 fully saturated rings. The molecule has 0 amide bonds. The molecule has 0 bridgehead atoms. The first-order valence-electron chi connectivity index (χ1n) is 6.42. The quantitative estimate of drug-likeness (QED) is 0.573. The highest BCUT2D eigenvalue weighted by atomic mass is 79.9. The van der Waals surface area contributed by atoms with E-state index in [4.69, 9.17) is 0 Å². The maximum atomic E-state index is 13.2. The van der Waals surface area contributed by atoms with Crippen molar-refractivity contribution >= 4 is 37.9 Å². The molecule has 18 heavy (non-hydrogen) atoms. The molecule has 0 atom stereocenters. The van der Waals surface area contributed by atoms with Crippen LogP contribution in [0, 0.1) is 11.7 Å². The second-order valence-corrected chi connectivity index (χ2v) is 6.28. The fourth-order valence-electron chi connectivity index (χ4n) is 2.56. The third-order valence-corrected chi connectivity index (χ3v) is 4.83. The van der Waals surface area contributed by atoms with E-state index in [2.05, 4.69) is 37.9 Å². The molecular formula is C15H17Br2F. The minimum Gasteiger partial charge on any atom is -0.206 e. The molecule has 3 heteroatoms. The lowest BCUT2D eigenvalue weighted by molar-refractivity contribution is 0.405. The van der Waals surface area contributed by atoms with Gasteiger partial charge in [-0.25, -0.2) is 4.39 Å². The average molecular weight is 376 g/mol. The van der Waals surface area contributed by atoms with E-state index in [9.17, 15) is 4.39 Å². The van der Waals surface area contributed by atoms with Crippen LogP contribution < -0.4 is 0 Å². The van der Waals surface area contributed by atoms with Crippen molar-refractivity contribution < 1.29 is 4.39 Å². The molecule has 0 unspecified atom stereocenters. The van der Waals surface area contributed by atoms with Crippen LogP contribution in [0.15, 0.2) is 28.2 Å². The third-order valence-electron chi connectivity index (χ3n) is 3.58. The molecule has 0 N–H and O–H groups in total. The normalized spacial score (nSPS) is 18.1. The predicted octanol–water partition coefficient (Wildman–Crippen LogP) is 5.95. The largest absolute Gasteiger partial charge is 0.206 e. The van der Waals surface area contributed by atoms with Crippen LogP contribution in [0.25, 0.3) is 6.08 Å². The number of alkyl halides is 1. The minimum absolute atomic E-state index is 0.204. The minimum atomic E-state index is -0.204. The first-order chi connectivity index (χ1) is 8.70. The van der Waals surface area contributed by atoms with E-state index in [1.807, 2.05) is 12.1 Å². The molecule has 0 spiro atoms. The van der Waals surface area contributed by atoms with Crippen LogP contribution in [-0.4, -0.2) is 5.33 Å². The summed E-state index contributed by atoms with van der Waals surface area (Å²) in [5, 5.41) is 0.909. The molecule has 0 saturated heterocycles. The van der Waals surface area contributed by atoms with Gasteiger partial charge in [-0.05, 0) is 52.4 Å². The zero-order valence-electron chi connectivity index (χ0n) is 10.3. The van der Waals surface area contributed by atoms with E-state index in [0.717, 1.165) is 10.9 Å². The molecule has 1 aromatic carbocycles. The van der Waals surface area contributed by atoms with Gasteiger partial charge in [0.25, 0.3) is 0 Å². The average Bonchev–Trinajstić information content (AvgIpc) is 2.41. The van der Waals surface area contributed by atoms with Gasteiger partial charge in [-0.15, -0.1) is 0 Å². The molecule has 0 aromatic heterocycles. The Balaban J connectivity index is 2.19. The predicted molar refractivity (Wildman–Crippen MR) is 82.4 cm³/mol. The lowest BCUT2D eigenvalue weighted by Gasteiger charge is -2.23. The Labute approximate surface area is 125 Å². The van der Waals surface area contributed by atoms with Gasteiger partial charge in [0.1, 0.15) is 5.82 Å². The molecule has 1 aliphatic rings. The maximum absolute atomic E-state index is 13.2. The van der Waals surface area contributed by atoms with E-state index >= 15 is 0 Å². The second-order valence-electron chi connectivity index (χ2n) is 4.86. The summed E-state index contributed by atoms with van der Waals surface area (Å²) in [5.74, 6) is 0.493. The van der Waals surface area contributed by atoms with Crippen molar-refractivity contribution in [2.45, 2.75) is 32.1 Å². The molecule has 1 saturated carbocycles. The highest BCUT2D eigenvalue weighted by Crippen LogP contribution is 2.32. The summed E-state index contributed by atoms with van der Waals surface area (Å²) in [7, 11) is 0. The number of allylic oxidation sites excluding steroid dienone is 1. The van der Waals surface area contributed by atoms with Crippen molar-refractivity contribution in [3.8, 4) is 0 Å². The molecule has 0 radical (unpaired) electrons. The summed E-state index contributed by atoms with van der Waals surface area (Å²) in [6.07, 6.45) is 8.83. The molecule has 0 heterocycles. The van der Waals surface area contributed by atoms with E-state index in [1.54, 1.807) is 0 Å².